The fraction of sp³-hybridized carbons (Fsp3) is 0.517. The number of hydrogen-bond acceptors (Lipinski definition) is 7. The topological polar surface area (TPSA) is 94.4 Å². The Morgan fingerprint density at radius 1 is 1.22 bits per heavy atom. The standard InChI is InChI=1S/C29H35F3N6O3/c1-27(2,3)41-26(39)38-9-8-19(15-38)20-10-23(29(30,31)32)24(34-13-20)14-33-22-7-5-6-21(11-22)28(16-40-17-28)12-25-36-35-18-37(25)4/h5-7,10-11,13,18-19,33H,8-9,12,14-17H2,1-4H3. The first kappa shape index (κ1) is 28.8. The van der Waals surface area contributed by atoms with Crippen molar-refractivity contribution in [1.82, 2.24) is 24.6 Å². The molecule has 1 atom stereocenters. The van der Waals surface area contributed by atoms with Gasteiger partial charge in [0.15, 0.2) is 0 Å². The molecule has 0 radical (unpaired) electrons. The van der Waals surface area contributed by atoms with Gasteiger partial charge in [0.05, 0.1) is 31.0 Å². The lowest BCUT2D eigenvalue weighted by atomic mass is 9.75. The van der Waals surface area contributed by atoms with Gasteiger partial charge in [0.25, 0.3) is 0 Å². The molecule has 5 rings (SSSR count). The van der Waals surface area contributed by atoms with Crippen molar-refractivity contribution < 1.29 is 27.4 Å². The minimum atomic E-state index is -4.57. The van der Waals surface area contributed by atoms with Crippen LogP contribution < -0.4 is 5.32 Å². The van der Waals surface area contributed by atoms with Crippen LogP contribution in [0.25, 0.3) is 0 Å². The van der Waals surface area contributed by atoms with Crippen molar-refractivity contribution in [3.63, 3.8) is 0 Å². The van der Waals surface area contributed by atoms with Crippen LogP contribution in [0.5, 0.6) is 0 Å². The summed E-state index contributed by atoms with van der Waals surface area (Å²) in [5, 5.41) is 11.3. The second-order valence-electron chi connectivity index (χ2n) is 11.9. The summed E-state index contributed by atoms with van der Waals surface area (Å²) in [4.78, 5) is 18.2. The van der Waals surface area contributed by atoms with E-state index in [9.17, 15) is 18.0 Å². The average Bonchev–Trinajstić information content (AvgIpc) is 3.53. The van der Waals surface area contributed by atoms with Crippen molar-refractivity contribution in [2.75, 3.05) is 31.6 Å². The number of nitrogens with zero attached hydrogens (tertiary/aromatic N) is 5. The molecule has 220 valence electrons. The molecule has 0 spiro atoms. The van der Waals surface area contributed by atoms with E-state index >= 15 is 0 Å². The van der Waals surface area contributed by atoms with Gasteiger partial charge < -0.3 is 24.3 Å². The summed E-state index contributed by atoms with van der Waals surface area (Å²) in [5.41, 5.74) is 0.391. The molecule has 2 aliphatic rings. The summed E-state index contributed by atoms with van der Waals surface area (Å²) in [7, 11) is 1.89. The Morgan fingerprint density at radius 2 is 2.00 bits per heavy atom. The third kappa shape index (κ3) is 6.47. The maximum atomic E-state index is 14.1. The molecule has 0 saturated carbocycles. The van der Waals surface area contributed by atoms with E-state index in [1.807, 2.05) is 35.9 Å². The van der Waals surface area contributed by atoms with Crippen LogP contribution in [0.4, 0.5) is 23.7 Å². The first-order valence-corrected chi connectivity index (χ1v) is 13.6. The van der Waals surface area contributed by atoms with Crippen molar-refractivity contribution in [2.45, 2.75) is 63.3 Å². The smallest absolute Gasteiger partial charge is 0.418 e. The minimum absolute atomic E-state index is 0.0885. The summed E-state index contributed by atoms with van der Waals surface area (Å²) in [6.45, 7) is 7.00. The van der Waals surface area contributed by atoms with Crippen LogP contribution in [-0.4, -0.2) is 62.6 Å². The van der Waals surface area contributed by atoms with E-state index in [-0.39, 0.29) is 30.1 Å². The number of carbonyl (C=O) groups is 1. The molecule has 12 heteroatoms. The number of nitrogens with one attached hydrogen (secondary N) is 1. The molecule has 0 aliphatic carbocycles. The van der Waals surface area contributed by atoms with Gasteiger partial charge in [0.1, 0.15) is 17.8 Å². The number of hydrogen-bond donors (Lipinski definition) is 1. The summed E-state index contributed by atoms with van der Waals surface area (Å²) >= 11 is 0. The molecule has 3 aromatic rings. The lowest BCUT2D eigenvalue weighted by molar-refractivity contribution is -0.138. The van der Waals surface area contributed by atoms with Crippen molar-refractivity contribution in [3.8, 4) is 0 Å². The molecular weight excluding hydrogens is 537 g/mol. The summed E-state index contributed by atoms with van der Waals surface area (Å²) in [6, 6.07) is 8.83. The largest absolute Gasteiger partial charge is 0.444 e. The molecule has 9 nitrogen and oxygen atoms in total. The zero-order valence-corrected chi connectivity index (χ0v) is 23.7. The van der Waals surface area contributed by atoms with Crippen molar-refractivity contribution in [1.29, 1.82) is 0 Å². The molecule has 4 heterocycles. The number of pyridine rings is 1. The second-order valence-corrected chi connectivity index (χ2v) is 11.9. The SMILES string of the molecule is Cn1cnnc1CC1(c2cccc(NCc3ncc(C4CCN(C(=O)OC(C)(C)C)C4)cc3C(F)(F)F)c2)COC1. The predicted molar refractivity (Wildman–Crippen MR) is 145 cm³/mol. The number of benzene rings is 1. The number of carbonyl (C=O) groups excluding carboxylic acids is 1. The number of alkyl halides is 3. The van der Waals surface area contributed by atoms with Gasteiger partial charge >= 0.3 is 12.3 Å². The van der Waals surface area contributed by atoms with Gasteiger partial charge in [-0.05, 0) is 56.5 Å². The van der Waals surface area contributed by atoms with E-state index in [0.717, 1.165) is 11.4 Å². The fourth-order valence-corrected chi connectivity index (χ4v) is 5.28. The number of anilines is 1. The zero-order chi connectivity index (χ0) is 29.4. The highest BCUT2D eigenvalue weighted by atomic mass is 19.4. The Kier molecular flexibility index (Phi) is 7.71. The lowest BCUT2D eigenvalue weighted by Gasteiger charge is -2.41. The molecule has 1 amide bonds. The quantitative estimate of drug-likeness (QED) is 0.422. The van der Waals surface area contributed by atoms with Gasteiger partial charge in [0.2, 0.25) is 0 Å². The number of halogens is 3. The van der Waals surface area contributed by atoms with Crippen molar-refractivity contribution in [2.24, 2.45) is 7.05 Å². The highest BCUT2D eigenvalue weighted by molar-refractivity contribution is 5.68. The van der Waals surface area contributed by atoms with Gasteiger partial charge in [-0.25, -0.2) is 4.79 Å². The maximum Gasteiger partial charge on any atom is 0.418 e. The fourth-order valence-electron chi connectivity index (χ4n) is 5.28. The van der Waals surface area contributed by atoms with E-state index in [4.69, 9.17) is 9.47 Å². The maximum absolute atomic E-state index is 14.1. The van der Waals surface area contributed by atoms with Crippen molar-refractivity contribution >= 4 is 11.8 Å². The number of aromatic nitrogens is 4. The predicted octanol–water partition coefficient (Wildman–Crippen LogP) is 5.08. The number of aryl methyl sites for hydroxylation is 1. The molecule has 2 aliphatic heterocycles. The summed E-state index contributed by atoms with van der Waals surface area (Å²) in [6.07, 6.45) is -0.703. The number of likely N-dealkylation sites (tertiary alicyclic amines) is 1. The first-order chi connectivity index (χ1) is 19.3. The van der Waals surface area contributed by atoms with E-state index in [1.54, 1.807) is 27.1 Å². The molecule has 2 fully saturated rings. The van der Waals surface area contributed by atoms with Crippen LogP contribution in [0.1, 0.15) is 61.3 Å². The molecule has 2 saturated heterocycles. The Labute approximate surface area is 237 Å². The molecule has 1 N–H and O–H groups in total. The van der Waals surface area contributed by atoms with Gasteiger partial charge in [-0.3, -0.25) is 4.98 Å². The van der Waals surface area contributed by atoms with Gasteiger partial charge in [-0.15, -0.1) is 10.2 Å². The van der Waals surface area contributed by atoms with Crippen LogP contribution >= 0.6 is 0 Å². The van der Waals surface area contributed by atoms with Crippen LogP contribution in [0, 0.1) is 0 Å². The van der Waals surface area contributed by atoms with E-state index in [2.05, 4.69) is 20.5 Å². The molecule has 41 heavy (non-hydrogen) atoms. The Bertz CT molecular complexity index is 1400. The van der Waals surface area contributed by atoms with E-state index < -0.39 is 23.4 Å². The molecule has 0 bridgehead atoms. The molecule has 1 aromatic carbocycles. The Balaban J connectivity index is 1.30. The van der Waals surface area contributed by atoms with Crippen molar-refractivity contribution in [3.05, 3.63) is 71.1 Å². The van der Waals surface area contributed by atoms with Crippen LogP contribution in [0.3, 0.4) is 0 Å². The first-order valence-electron chi connectivity index (χ1n) is 13.6. The monoisotopic (exact) mass is 572 g/mol. The number of rotatable bonds is 7. The van der Waals surface area contributed by atoms with Crippen LogP contribution in [-0.2, 0) is 41.1 Å². The van der Waals surface area contributed by atoms with E-state index in [0.29, 0.717) is 43.9 Å². The number of amides is 1. The third-order valence-electron chi connectivity index (χ3n) is 7.60. The van der Waals surface area contributed by atoms with Crippen LogP contribution in [0.2, 0.25) is 0 Å². The van der Waals surface area contributed by atoms with Crippen LogP contribution in [0.15, 0.2) is 42.9 Å². The normalized spacial score (nSPS) is 18.7. The Hall–Kier alpha value is -3.67. The molecule has 1 unspecified atom stereocenters. The summed E-state index contributed by atoms with van der Waals surface area (Å²) < 4.78 is 55.3. The van der Waals surface area contributed by atoms with Gasteiger partial charge in [-0.2, -0.15) is 13.2 Å². The second kappa shape index (κ2) is 11.0. The lowest BCUT2D eigenvalue weighted by Crippen LogP contribution is -2.49. The molecular formula is C29H35F3N6O3. The average molecular weight is 573 g/mol. The molecule has 2 aromatic heterocycles. The van der Waals surface area contributed by atoms with Gasteiger partial charge in [0, 0.05) is 49.8 Å². The minimum Gasteiger partial charge on any atom is -0.444 e. The highest BCUT2D eigenvalue weighted by Crippen LogP contribution is 2.38. The Morgan fingerprint density at radius 3 is 2.63 bits per heavy atom. The summed E-state index contributed by atoms with van der Waals surface area (Å²) in [5.74, 6) is 0.590. The number of ether oxygens (including phenoxy) is 2. The third-order valence-corrected chi connectivity index (χ3v) is 7.60. The van der Waals surface area contributed by atoms with Gasteiger partial charge in [-0.1, -0.05) is 12.1 Å². The highest BCUT2D eigenvalue weighted by Gasteiger charge is 2.42. The zero-order valence-electron chi connectivity index (χ0n) is 23.7. The van der Waals surface area contributed by atoms with E-state index in [1.165, 1.54) is 17.2 Å².